The van der Waals surface area contributed by atoms with E-state index < -0.39 is 0 Å². The van der Waals surface area contributed by atoms with Crippen molar-refractivity contribution >= 4 is 39.3 Å². The number of aromatic nitrogens is 3. The molecule has 0 saturated heterocycles. The Bertz CT molecular complexity index is 2700. The Morgan fingerprint density at radius 1 is 0.385 bits per heavy atom. The zero-order valence-corrected chi connectivity index (χ0v) is 28.3. The number of hydrogen-bond acceptors (Lipinski definition) is 5. The summed E-state index contributed by atoms with van der Waals surface area (Å²) in [6.07, 6.45) is 1.80. The van der Waals surface area contributed by atoms with E-state index in [1.807, 2.05) is 72.8 Å². The van der Waals surface area contributed by atoms with Crippen molar-refractivity contribution in [1.82, 2.24) is 15.0 Å². The van der Waals surface area contributed by atoms with Crippen LogP contribution in [0.2, 0.25) is 0 Å². The third-order valence-corrected chi connectivity index (χ3v) is 10.0. The zero-order chi connectivity index (χ0) is 34.4. The second-order valence-electron chi connectivity index (χ2n) is 13.2. The van der Waals surface area contributed by atoms with Crippen molar-refractivity contribution in [3.8, 4) is 45.0 Å². The van der Waals surface area contributed by atoms with Gasteiger partial charge in [-0.2, -0.15) is 9.97 Å². The lowest BCUT2D eigenvalue weighted by Gasteiger charge is -2.26. The van der Waals surface area contributed by atoms with E-state index in [9.17, 15) is 0 Å². The van der Waals surface area contributed by atoms with Crippen LogP contribution in [0.1, 0.15) is 11.1 Å². The van der Waals surface area contributed by atoms with E-state index in [1.54, 1.807) is 0 Å². The second-order valence-corrected chi connectivity index (χ2v) is 13.2. The number of nitrogens with zero attached hydrogens (tertiary/aromatic N) is 4. The van der Waals surface area contributed by atoms with E-state index >= 15 is 0 Å². The first kappa shape index (κ1) is 30.0. The molecule has 0 amide bonds. The minimum Gasteiger partial charge on any atom is -0.456 e. The molecule has 246 valence electrons. The Morgan fingerprint density at radius 2 is 0.942 bits per heavy atom. The fourth-order valence-corrected chi connectivity index (χ4v) is 7.42. The highest BCUT2D eigenvalue weighted by Gasteiger charge is 2.26. The first-order valence-corrected chi connectivity index (χ1v) is 17.7. The maximum absolute atomic E-state index is 6.10. The standard InChI is InChI=1S/C47H32N4O/c1-3-13-32(14-4-1)45-48-46(33-15-5-2-6-16-33)50-47(49-45)51-41-20-9-7-12-31(41)22-23-38-29-36(24-26-42(38)51)34-17-11-18-35(28-34)37-25-27-44-40(30-37)39-19-8-10-21-43(39)52-44/h1-21,24-30H,22-23H2. The van der Waals surface area contributed by atoms with Crippen LogP contribution in [-0.2, 0) is 12.8 Å². The Labute approximate surface area is 301 Å². The average molecular weight is 669 g/mol. The molecule has 1 aliphatic heterocycles. The second kappa shape index (κ2) is 12.5. The Hall–Kier alpha value is -6.85. The summed E-state index contributed by atoms with van der Waals surface area (Å²) in [6, 6.07) is 59.2. The van der Waals surface area contributed by atoms with Gasteiger partial charge in [0.05, 0.1) is 11.4 Å². The Kier molecular flexibility index (Phi) is 7.21. The van der Waals surface area contributed by atoms with E-state index in [4.69, 9.17) is 19.4 Å². The molecule has 52 heavy (non-hydrogen) atoms. The molecule has 0 unspecified atom stereocenters. The molecular weight excluding hydrogens is 637 g/mol. The molecule has 9 aromatic rings. The topological polar surface area (TPSA) is 55.1 Å². The van der Waals surface area contributed by atoms with Gasteiger partial charge < -0.3 is 4.42 Å². The number of anilines is 3. The summed E-state index contributed by atoms with van der Waals surface area (Å²) in [7, 11) is 0. The van der Waals surface area contributed by atoms with Crippen LogP contribution >= 0.6 is 0 Å². The summed E-state index contributed by atoms with van der Waals surface area (Å²) in [5.41, 5.74) is 13.0. The number of fused-ring (bicyclic) bond motifs is 5. The molecular formula is C47H32N4O. The molecule has 2 aromatic heterocycles. The molecule has 0 bridgehead atoms. The van der Waals surface area contributed by atoms with Gasteiger partial charge in [0.2, 0.25) is 5.95 Å². The van der Waals surface area contributed by atoms with E-state index in [2.05, 4.69) is 102 Å². The number of benzene rings is 7. The van der Waals surface area contributed by atoms with Gasteiger partial charge in [0.25, 0.3) is 0 Å². The van der Waals surface area contributed by atoms with Gasteiger partial charge in [-0.1, -0.05) is 127 Å². The van der Waals surface area contributed by atoms with Gasteiger partial charge >= 0.3 is 0 Å². The number of furan rings is 1. The van der Waals surface area contributed by atoms with Crippen LogP contribution in [0, 0.1) is 0 Å². The molecule has 0 spiro atoms. The van der Waals surface area contributed by atoms with Gasteiger partial charge in [-0.15, -0.1) is 0 Å². The SMILES string of the molecule is c1ccc(-c2nc(-c3ccccc3)nc(N3c4ccccc4CCc4cc(-c5cccc(-c6ccc7oc8ccccc8c7c6)c5)ccc43)n2)cc1. The molecule has 0 N–H and O–H groups in total. The first-order valence-electron chi connectivity index (χ1n) is 17.7. The molecule has 1 aliphatic rings. The first-order chi connectivity index (χ1) is 25.7. The van der Waals surface area contributed by atoms with Gasteiger partial charge in [-0.25, -0.2) is 4.98 Å². The van der Waals surface area contributed by atoms with Crippen LogP contribution in [0.15, 0.2) is 174 Å². The molecule has 0 aliphatic carbocycles. The van der Waals surface area contributed by atoms with E-state index in [0.717, 1.165) is 62.8 Å². The van der Waals surface area contributed by atoms with Crippen LogP contribution in [0.5, 0.6) is 0 Å². The fourth-order valence-electron chi connectivity index (χ4n) is 7.42. The molecule has 10 rings (SSSR count). The summed E-state index contributed by atoms with van der Waals surface area (Å²) >= 11 is 0. The normalized spacial score (nSPS) is 12.4. The number of rotatable bonds is 5. The Morgan fingerprint density at radius 3 is 1.71 bits per heavy atom. The lowest BCUT2D eigenvalue weighted by molar-refractivity contribution is 0.669. The minimum atomic E-state index is 0.597. The zero-order valence-electron chi connectivity index (χ0n) is 28.3. The maximum Gasteiger partial charge on any atom is 0.238 e. The largest absolute Gasteiger partial charge is 0.456 e. The average Bonchev–Trinajstić information content (AvgIpc) is 3.50. The molecule has 0 fully saturated rings. The molecule has 0 saturated carbocycles. The van der Waals surface area contributed by atoms with E-state index in [1.165, 1.54) is 27.8 Å². The van der Waals surface area contributed by atoms with Crippen LogP contribution in [0.25, 0.3) is 67.0 Å². The Balaban J connectivity index is 1.09. The van der Waals surface area contributed by atoms with Crippen molar-refractivity contribution < 1.29 is 4.42 Å². The number of hydrogen-bond donors (Lipinski definition) is 0. The predicted molar refractivity (Wildman–Crippen MR) is 211 cm³/mol. The van der Waals surface area contributed by atoms with Crippen LogP contribution in [-0.4, -0.2) is 15.0 Å². The highest BCUT2D eigenvalue weighted by atomic mass is 16.3. The van der Waals surface area contributed by atoms with Crippen LogP contribution in [0.4, 0.5) is 17.3 Å². The molecule has 3 heterocycles. The molecule has 5 nitrogen and oxygen atoms in total. The smallest absolute Gasteiger partial charge is 0.238 e. The quantitative estimate of drug-likeness (QED) is 0.183. The van der Waals surface area contributed by atoms with Crippen molar-refractivity contribution in [3.05, 3.63) is 181 Å². The fraction of sp³-hybridized carbons (Fsp3) is 0.0426. The third kappa shape index (κ3) is 5.31. The number of aryl methyl sites for hydroxylation is 2. The summed E-state index contributed by atoms with van der Waals surface area (Å²) < 4.78 is 6.10. The van der Waals surface area contributed by atoms with Crippen molar-refractivity contribution in [1.29, 1.82) is 0 Å². The van der Waals surface area contributed by atoms with Gasteiger partial charge in [0, 0.05) is 21.9 Å². The predicted octanol–water partition coefficient (Wildman–Crippen LogP) is 12.0. The number of para-hydroxylation sites is 2. The van der Waals surface area contributed by atoms with Crippen LogP contribution < -0.4 is 4.90 Å². The lowest BCUT2D eigenvalue weighted by Crippen LogP contribution is -2.16. The molecule has 7 aromatic carbocycles. The van der Waals surface area contributed by atoms with Gasteiger partial charge in [-0.3, -0.25) is 4.90 Å². The highest BCUT2D eigenvalue weighted by Crippen LogP contribution is 2.43. The van der Waals surface area contributed by atoms with E-state index in [0.29, 0.717) is 17.6 Å². The van der Waals surface area contributed by atoms with Crippen molar-refractivity contribution in [2.24, 2.45) is 0 Å². The lowest BCUT2D eigenvalue weighted by atomic mass is 9.95. The van der Waals surface area contributed by atoms with Crippen molar-refractivity contribution in [2.75, 3.05) is 4.90 Å². The monoisotopic (exact) mass is 668 g/mol. The van der Waals surface area contributed by atoms with Crippen LogP contribution in [0.3, 0.4) is 0 Å². The minimum absolute atomic E-state index is 0.597. The molecule has 5 heteroatoms. The third-order valence-electron chi connectivity index (χ3n) is 10.0. The summed E-state index contributed by atoms with van der Waals surface area (Å²) in [4.78, 5) is 17.5. The molecule has 0 atom stereocenters. The van der Waals surface area contributed by atoms with Crippen molar-refractivity contribution in [2.45, 2.75) is 12.8 Å². The van der Waals surface area contributed by atoms with Crippen molar-refractivity contribution in [3.63, 3.8) is 0 Å². The highest BCUT2D eigenvalue weighted by molar-refractivity contribution is 6.06. The van der Waals surface area contributed by atoms with Gasteiger partial charge in [0.1, 0.15) is 11.2 Å². The summed E-state index contributed by atoms with van der Waals surface area (Å²) in [6.45, 7) is 0. The summed E-state index contributed by atoms with van der Waals surface area (Å²) in [5.74, 6) is 1.88. The summed E-state index contributed by atoms with van der Waals surface area (Å²) in [5, 5.41) is 2.27. The maximum atomic E-state index is 6.10. The van der Waals surface area contributed by atoms with Gasteiger partial charge in [-0.05, 0) is 88.7 Å². The molecule has 0 radical (unpaired) electrons. The van der Waals surface area contributed by atoms with E-state index in [-0.39, 0.29) is 0 Å². The van der Waals surface area contributed by atoms with Gasteiger partial charge in [0.15, 0.2) is 11.6 Å².